The van der Waals surface area contributed by atoms with Gasteiger partial charge in [0.05, 0.1) is 13.7 Å². The molecule has 2 aromatic carbocycles. The minimum absolute atomic E-state index is 0.0632. The lowest BCUT2D eigenvalue weighted by molar-refractivity contribution is -0.143. The molecule has 33 heavy (non-hydrogen) atoms. The van der Waals surface area contributed by atoms with E-state index in [9.17, 15) is 4.79 Å². The third-order valence-electron chi connectivity index (χ3n) is 6.61. The van der Waals surface area contributed by atoms with Crippen molar-refractivity contribution in [1.82, 2.24) is 0 Å². The molecule has 0 N–H and O–H groups in total. The summed E-state index contributed by atoms with van der Waals surface area (Å²) in [6.45, 7) is 11.0. The number of allylic oxidation sites excluding steroid dienone is 1. The summed E-state index contributed by atoms with van der Waals surface area (Å²) < 4.78 is 17.0. The van der Waals surface area contributed by atoms with Gasteiger partial charge in [-0.1, -0.05) is 42.5 Å². The van der Waals surface area contributed by atoms with Gasteiger partial charge in [0.25, 0.3) is 5.91 Å². The van der Waals surface area contributed by atoms with Crippen LogP contribution >= 0.6 is 0 Å². The smallest absolute Gasteiger partial charge is 0.258 e. The summed E-state index contributed by atoms with van der Waals surface area (Å²) in [5.41, 5.74) is 7.42. The molecule has 2 aromatic rings. The normalized spacial score (nSPS) is 23.1. The molecule has 0 saturated carbocycles. The Hall–Kier alpha value is -3.15. The average Bonchev–Trinajstić information content (AvgIpc) is 3.19. The molecule has 5 nitrogen and oxygen atoms in total. The Morgan fingerprint density at radius 1 is 1.09 bits per heavy atom. The van der Waals surface area contributed by atoms with E-state index >= 15 is 0 Å². The molecule has 0 aromatic heterocycles. The first-order chi connectivity index (χ1) is 15.8. The fraction of sp³-hybridized carbons (Fsp3) is 0.321. The second-order valence-electron chi connectivity index (χ2n) is 8.66. The lowest BCUT2D eigenvalue weighted by Crippen LogP contribution is -2.70. The number of amides is 1. The number of methoxy groups -OCH3 is 2. The van der Waals surface area contributed by atoms with Crippen molar-refractivity contribution >= 4 is 17.7 Å². The molecular formula is C28H31NO4. The van der Waals surface area contributed by atoms with Crippen molar-refractivity contribution < 1.29 is 19.0 Å². The highest BCUT2D eigenvalue weighted by atomic mass is 16.5. The van der Waals surface area contributed by atoms with Crippen molar-refractivity contribution in [1.29, 1.82) is 0 Å². The summed E-state index contributed by atoms with van der Waals surface area (Å²) in [5, 5.41) is 0. The van der Waals surface area contributed by atoms with Gasteiger partial charge in [0.2, 0.25) is 0 Å². The Morgan fingerprint density at radius 3 is 2.36 bits per heavy atom. The topological polar surface area (TPSA) is 48.0 Å². The van der Waals surface area contributed by atoms with E-state index in [0.29, 0.717) is 6.61 Å². The van der Waals surface area contributed by atoms with Crippen LogP contribution in [0.15, 0.2) is 77.4 Å². The number of hydrogen-bond acceptors (Lipinski definition) is 4. The molecule has 4 rings (SSSR count). The summed E-state index contributed by atoms with van der Waals surface area (Å²) in [6.07, 6.45) is 1.35. The number of benzene rings is 2. The molecule has 1 fully saturated rings. The largest absolute Gasteiger partial charge is 0.497 e. The van der Waals surface area contributed by atoms with Gasteiger partial charge in [0.1, 0.15) is 17.9 Å². The molecule has 0 radical (unpaired) electrons. The first kappa shape index (κ1) is 23.0. The van der Waals surface area contributed by atoms with Gasteiger partial charge in [-0.05, 0) is 72.9 Å². The molecule has 2 heterocycles. The SMILES string of the molecule is C=C(C1=C(C)[C@H]([C@H]2[C@@H](OC)C(=O)N2c2ccc(OC)cc2)OC1)/C(C)=C/c1ccc(C)cc1. The summed E-state index contributed by atoms with van der Waals surface area (Å²) in [7, 11) is 3.20. The van der Waals surface area contributed by atoms with E-state index < -0.39 is 6.10 Å². The number of carbonyl (C=O) groups is 1. The van der Waals surface area contributed by atoms with Crippen molar-refractivity contribution in [3.63, 3.8) is 0 Å². The van der Waals surface area contributed by atoms with E-state index in [1.54, 1.807) is 19.1 Å². The second-order valence-corrected chi connectivity index (χ2v) is 8.66. The summed E-state index contributed by atoms with van der Waals surface area (Å²) in [4.78, 5) is 14.6. The van der Waals surface area contributed by atoms with Crippen LogP contribution in [-0.4, -0.2) is 45.0 Å². The van der Waals surface area contributed by atoms with Crippen molar-refractivity contribution in [3.05, 3.63) is 88.5 Å². The summed E-state index contributed by atoms with van der Waals surface area (Å²) in [5.74, 6) is 0.681. The lowest BCUT2D eigenvalue weighted by atomic mass is 9.86. The predicted octanol–water partition coefficient (Wildman–Crippen LogP) is 5.11. The molecule has 2 aliphatic rings. The van der Waals surface area contributed by atoms with Crippen molar-refractivity contribution in [2.24, 2.45) is 0 Å². The van der Waals surface area contributed by atoms with Crippen LogP contribution in [0, 0.1) is 6.92 Å². The van der Waals surface area contributed by atoms with Crippen LogP contribution in [0.4, 0.5) is 5.69 Å². The third-order valence-corrected chi connectivity index (χ3v) is 6.61. The number of hydrogen-bond donors (Lipinski definition) is 0. The molecule has 5 heteroatoms. The van der Waals surface area contributed by atoms with E-state index in [1.165, 1.54) is 5.56 Å². The third kappa shape index (κ3) is 4.26. The Morgan fingerprint density at radius 2 is 1.76 bits per heavy atom. The van der Waals surface area contributed by atoms with Crippen LogP contribution in [-0.2, 0) is 14.3 Å². The Kier molecular flexibility index (Phi) is 6.54. The molecule has 0 spiro atoms. The zero-order valence-corrected chi connectivity index (χ0v) is 19.9. The van der Waals surface area contributed by atoms with Crippen molar-refractivity contribution in [2.45, 2.75) is 39.0 Å². The fourth-order valence-electron chi connectivity index (χ4n) is 4.56. The van der Waals surface area contributed by atoms with Gasteiger partial charge in [0, 0.05) is 12.8 Å². The van der Waals surface area contributed by atoms with E-state index in [-0.39, 0.29) is 18.1 Å². The highest BCUT2D eigenvalue weighted by Gasteiger charge is 2.54. The summed E-state index contributed by atoms with van der Waals surface area (Å²) in [6, 6.07) is 15.7. The van der Waals surface area contributed by atoms with Crippen molar-refractivity contribution in [3.8, 4) is 5.75 Å². The van der Waals surface area contributed by atoms with E-state index in [4.69, 9.17) is 14.2 Å². The average molecular weight is 446 g/mol. The molecule has 1 amide bonds. The molecule has 172 valence electrons. The van der Waals surface area contributed by atoms with Crippen LogP contribution in [0.5, 0.6) is 5.75 Å². The molecule has 3 atom stereocenters. The van der Waals surface area contributed by atoms with Crippen molar-refractivity contribution in [2.75, 3.05) is 25.7 Å². The molecule has 1 saturated heterocycles. The maximum absolute atomic E-state index is 12.8. The van der Waals surface area contributed by atoms with Gasteiger partial charge in [-0.15, -0.1) is 0 Å². The highest BCUT2D eigenvalue weighted by Crippen LogP contribution is 2.40. The predicted molar refractivity (Wildman–Crippen MR) is 131 cm³/mol. The van der Waals surface area contributed by atoms with Gasteiger partial charge < -0.3 is 19.1 Å². The number of β-lactam (4-membered cyclic amide) rings is 1. The summed E-state index contributed by atoms with van der Waals surface area (Å²) >= 11 is 0. The first-order valence-electron chi connectivity index (χ1n) is 11.1. The number of carbonyl (C=O) groups excluding carboxylic acids is 1. The fourth-order valence-corrected chi connectivity index (χ4v) is 4.56. The van der Waals surface area contributed by atoms with Gasteiger partial charge >= 0.3 is 0 Å². The van der Waals surface area contributed by atoms with Gasteiger partial charge in [-0.3, -0.25) is 4.79 Å². The van der Waals surface area contributed by atoms with Gasteiger partial charge in [-0.2, -0.15) is 0 Å². The van der Waals surface area contributed by atoms with Crippen LogP contribution < -0.4 is 9.64 Å². The van der Waals surface area contributed by atoms with E-state index in [1.807, 2.05) is 24.3 Å². The molecular weight excluding hydrogens is 414 g/mol. The zero-order valence-electron chi connectivity index (χ0n) is 19.9. The molecule has 2 aliphatic heterocycles. The quantitative estimate of drug-likeness (QED) is 0.439. The van der Waals surface area contributed by atoms with Gasteiger partial charge in [0.15, 0.2) is 6.10 Å². The lowest BCUT2D eigenvalue weighted by Gasteiger charge is -2.48. The number of aryl methyl sites for hydroxylation is 1. The van der Waals surface area contributed by atoms with Crippen LogP contribution in [0.2, 0.25) is 0 Å². The van der Waals surface area contributed by atoms with Crippen LogP contribution in [0.25, 0.3) is 6.08 Å². The highest BCUT2D eigenvalue weighted by molar-refractivity contribution is 6.05. The number of ether oxygens (including phenoxy) is 3. The number of anilines is 1. The standard InChI is InChI=1S/C28H31NO4/c1-17-7-9-21(10-8-17)15-18(2)19(3)24-16-33-26(20(24)4)25-27(32-6)28(30)29(25)22-11-13-23(31-5)14-12-22/h7-15,25-27H,3,16H2,1-2,4-6H3/b18-15+/t25-,26+,27+/m0/s1. The maximum Gasteiger partial charge on any atom is 0.258 e. The molecule has 0 bridgehead atoms. The Bertz CT molecular complexity index is 1110. The maximum atomic E-state index is 12.8. The number of rotatable bonds is 7. The van der Waals surface area contributed by atoms with E-state index in [0.717, 1.165) is 39.3 Å². The van der Waals surface area contributed by atoms with E-state index in [2.05, 4.69) is 57.7 Å². The number of nitrogens with zero attached hydrogens (tertiary/aromatic N) is 1. The second kappa shape index (κ2) is 9.38. The monoisotopic (exact) mass is 445 g/mol. The first-order valence-corrected chi connectivity index (χ1v) is 11.1. The minimum atomic E-state index is -0.538. The minimum Gasteiger partial charge on any atom is -0.497 e. The molecule has 0 aliphatic carbocycles. The molecule has 0 unspecified atom stereocenters. The Balaban J connectivity index is 1.59. The van der Waals surface area contributed by atoms with Crippen LogP contribution in [0.1, 0.15) is 25.0 Å². The zero-order chi connectivity index (χ0) is 23.7. The van der Waals surface area contributed by atoms with Gasteiger partial charge in [-0.25, -0.2) is 0 Å². The van der Waals surface area contributed by atoms with Crippen LogP contribution in [0.3, 0.4) is 0 Å². The Labute approximate surface area is 196 Å².